The average molecular weight is 444 g/mol. The van der Waals surface area contributed by atoms with Crippen molar-refractivity contribution in [1.82, 2.24) is 9.55 Å². The van der Waals surface area contributed by atoms with E-state index in [0.29, 0.717) is 20.6 Å². The highest BCUT2D eigenvalue weighted by molar-refractivity contribution is 7.11. The lowest BCUT2D eigenvalue weighted by Crippen LogP contribution is -2.39. The van der Waals surface area contributed by atoms with E-state index in [-0.39, 0.29) is 17.7 Å². The summed E-state index contributed by atoms with van der Waals surface area (Å²) in [7, 11) is 0. The molecule has 0 amide bonds. The van der Waals surface area contributed by atoms with E-state index < -0.39 is 17.8 Å². The van der Waals surface area contributed by atoms with Crippen molar-refractivity contribution in [1.29, 1.82) is 0 Å². The third-order valence-electron chi connectivity index (χ3n) is 4.75. The van der Waals surface area contributed by atoms with Gasteiger partial charge in [-0.25, -0.2) is 19.2 Å². The number of carbonyl (C=O) groups excluding carboxylic acids is 1. The first kappa shape index (κ1) is 20.4. The minimum Gasteiger partial charge on any atom is -0.463 e. The Morgan fingerprint density at radius 3 is 2.67 bits per heavy atom. The van der Waals surface area contributed by atoms with Gasteiger partial charge in [0.1, 0.15) is 5.82 Å². The number of hydrogen-bond donors (Lipinski definition) is 0. The molecule has 1 aliphatic rings. The molecule has 0 radical (unpaired) electrons. The van der Waals surface area contributed by atoms with Crippen molar-refractivity contribution in [3.63, 3.8) is 0 Å². The van der Waals surface area contributed by atoms with Crippen LogP contribution in [0.1, 0.15) is 36.0 Å². The van der Waals surface area contributed by atoms with Gasteiger partial charge in [0.05, 0.1) is 44.5 Å². The summed E-state index contributed by atoms with van der Waals surface area (Å²) in [6, 6.07) is 5.02. The van der Waals surface area contributed by atoms with E-state index in [1.54, 1.807) is 37.6 Å². The van der Waals surface area contributed by atoms with Crippen molar-refractivity contribution >= 4 is 34.7 Å². The van der Waals surface area contributed by atoms with Crippen LogP contribution in [0.25, 0.3) is 6.08 Å². The van der Waals surface area contributed by atoms with E-state index in [1.165, 1.54) is 39.4 Å². The number of halogens is 1. The molecule has 2 aromatic heterocycles. The maximum Gasteiger partial charge on any atom is 0.338 e. The van der Waals surface area contributed by atoms with Crippen LogP contribution < -0.4 is 14.9 Å². The lowest BCUT2D eigenvalue weighted by atomic mass is 9.96. The average Bonchev–Trinajstić information content (AvgIpc) is 3.25. The van der Waals surface area contributed by atoms with Crippen LogP contribution in [0, 0.1) is 12.7 Å². The van der Waals surface area contributed by atoms with Gasteiger partial charge in [-0.2, -0.15) is 0 Å². The molecule has 0 unspecified atom stereocenters. The Morgan fingerprint density at radius 2 is 2.03 bits per heavy atom. The number of nitrogens with zero attached hydrogens (tertiary/aromatic N) is 3. The van der Waals surface area contributed by atoms with Crippen molar-refractivity contribution in [2.24, 2.45) is 4.99 Å². The quantitative estimate of drug-likeness (QED) is 0.581. The molecule has 0 spiro atoms. The largest absolute Gasteiger partial charge is 0.463 e. The zero-order chi connectivity index (χ0) is 21.4. The van der Waals surface area contributed by atoms with Gasteiger partial charge in [-0.3, -0.25) is 9.36 Å². The van der Waals surface area contributed by atoms with Crippen molar-refractivity contribution in [3.8, 4) is 0 Å². The maximum absolute atomic E-state index is 13.5. The minimum atomic E-state index is -0.745. The van der Waals surface area contributed by atoms with Crippen molar-refractivity contribution in [2.75, 3.05) is 6.61 Å². The van der Waals surface area contributed by atoms with Crippen LogP contribution in [-0.2, 0) is 9.53 Å². The number of aromatic nitrogens is 2. The van der Waals surface area contributed by atoms with Crippen LogP contribution in [0.15, 0.2) is 50.8 Å². The molecule has 1 aromatic carbocycles. The molecular formula is C21H18FN3O3S2. The highest BCUT2D eigenvalue weighted by Gasteiger charge is 2.33. The van der Waals surface area contributed by atoms with Crippen LogP contribution in [-0.4, -0.2) is 22.1 Å². The lowest BCUT2D eigenvalue weighted by molar-refractivity contribution is -0.139. The summed E-state index contributed by atoms with van der Waals surface area (Å²) in [6.07, 6.45) is 1.79. The van der Waals surface area contributed by atoms with Gasteiger partial charge in [0.2, 0.25) is 0 Å². The SMILES string of the molecule is CCOC(=O)C1=C(C)N=c2s/c(=C/c3scnc3C)c(=O)n2[C@@H]1c1ccc(F)cc1. The van der Waals surface area contributed by atoms with Crippen LogP contribution in [0.3, 0.4) is 0 Å². The van der Waals surface area contributed by atoms with Gasteiger partial charge < -0.3 is 4.74 Å². The fourth-order valence-corrected chi connectivity index (χ4v) is 5.16. The molecule has 9 heteroatoms. The molecule has 0 N–H and O–H groups in total. The topological polar surface area (TPSA) is 73.6 Å². The Balaban J connectivity index is 1.97. The Hall–Kier alpha value is -2.91. The summed E-state index contributed by atoms with van der Waals surface area (Å²) in [5.74, 6) is -0.939. The number of ether oxygens (including phenoxy) is 1. The number of rotatable bonds is 4. The molecule has 1 aliphatic heterocycles. The molecule has 0 saturated carbocycles. The Bertz CT molecular complexity index is 1330. The number of esters is 1. The van der Waals surface area contributed by atoms with Gasteiger partial charge >= 0.3 is 5.97 Å². The fourth-order valence-electron chi connectivity index (χ4n) is 3.32. The number of carbonyl (C=O) groups is 1. The molecular weight excluding hydrogens is 425 g/mol. The smallest absolute Gasteiger partial charge is 0.338 e. The molecule has 6 nitrogen and oxygen atoms in total. The summed E-state index contributed by atoms with van der Waals surface area (Å²) < 4.78 is 20.7. The van der Waals surface area contributed by atoms with Crippen LogP contribution in [0.4, 0.5) is 4.39 Å². The van der Waals surface area contributed by atoms with Crippen LogP contribution in [0.2, 0.25) is 0 Å². The van der Waals surface area contributed by atoms with Crippen LogP contribution >= 0.6 is 22.7 Å². The molecule has 4 rings (SSSR count). The van der Waals surface area contributed by atoms with E-state index in [2.05, 4.69) is 9.98 Å². The number of thiazole rings is 2. The fraction of sp³-hybridized carbons (Fsp3) is 0.238. The monoisotopic (exact) mass is 443 g/mol. The maximum atomic E-state index is 13.5. The highest BCUT2D eigenvalue weighted by atomic mass is 32.1. The molecule has 1 atom stereocenters. The van der Waals surface area contributed by atoms with Crippen molar-refractivity contribution in [2.45, 2.75) is 26.8 Å². The van der Waals surface area contributed by atoms with Gasteiger partial charge in [-0.05, 0) is 44.5 Å². The summed E-state index contributed by atoms with van der Waals surface area (Å²) in [6.45, 7) is 5.51. The lowest BCUT2D eigenvalue weighted by Gasteiger charge is -2.24. The van der Waals surface area contributed by atoms with E-state index in [9.17, 15) is 14.0 Å². The number of allylic oxidation sites excluding steroid dienone is 1. The third kappa shape index (κ3) is 3.54. The minimum absolute atomic E-state index is 0.195. The van der Waals surface area contributed by atoms with E-state index in [0.717, 1.165) is 10.6 Å². The van der Waals surface area contributed by atoms with Gasteiger partial charge in [0.25, 0.3) is 5.56 Å². The second-order valence-corrected chi connectivity index (χ2v) is 8.55. The van der Waals surface area contributed by atoms with Crippen LogP contribution in [0.5, 0.6) is 0 Å². The number of aryl methyl sites for hydroxylation is 1. The molecule has 0 fully saturated rings. The zero-order valence-corrected chi connectivity index (χ0v) is 18.1. The predicted octanol–water partition coefficient (Wildman–Crippen LogP) is 2.70. The summed E-state index contributed by atoms with van der Waals surface area (Å²) >= 11 is 2.69. The normalized spacial score (nSPS) is 16.4. The van der Waals surface area contributed by atoms with Crippen molar-refractivity contribution in [3.05, 3.63) is 82.7 Å². The number of fused-ring (bicyclic) bond motifs is 1. The summed E-state index contributed by atoms with van der Waals surface area (Å²) in [4.78, 5) is 36.2. The molecule has 3 heterocycles. The predicted molar refractivity (Wildman–Crippen MR) is 114 cm³/mol. The van der Waals surface area contributed by atoms with E-state index in [1.807, 2.05) is 6.92 Å². The molecule has 30 heavy (non-hydrogen) atoms. The number of benzene rings is 1. The Labute approximate surface area is 179 Å². The second-order valence-electron chi connectivity index (χ2n) is 6.66. The summed E-state index contributed by atoms with van der Waals surface area (Å²) in [5, 5.41) is 0. The zero-order valence-electron chi connectivity index (χ0n) is 16.5. The molecule has 3 aromatic rings. The van der Waals surface area contributed by atoms with Gasteiger partial charge in [0.15, 0.2) is 4.80 Å². The Kier molecular flexibility index (Phi) is 5.48. The highest BCUT2D eigenvalue weighted by Crippen LogP contribution is 2.30. The first-order valence-electron chi connectivity index (χ1n) is 9.26. The van der Waals surface area contributed by atoms with Gasteiger partial charge in [0, 0.05) is 0 Å². The third-order valence-corrected chi connectivity index (χ3v) is 6.61. The number of hydrogen-bond acceptors (Lipinski definition) is 7. The molecule has 154 valence electrons. The molecule has 0 saturated heterocycles. The summed E-state index contributed by atoms with van der Waals surface area (Å²) in [5.41, 5.74) is 3.65. The first-order chi connectivity index (χ1) is 14.4. The second kappa shape index (κ2) is 8.08. The molecule has 0 bridgehead atoms. The van der Waals surface area contributed by atoms with Gasteiger partial charge in [-0.15, -0.1) is 11.3 Å². The van der Waals surface area contributed by atoms with E-state index in [4.69, 9.17) is 4.74 Å². The standard InChI is InChI=1S/C21H18FN3O3S2/c1-4-28-20(27)17-12(3)24-21-25(18(17)13-5-7-14(22)8-6-13)19(26)16(30-21)9-15-11(2)23-10-29-15/h5-10,18H,4H2,1-3H3/b16-9+/t18-/m1/s1. The van der Waals surface area contributed by atoms with Crippen molar-refractivity contribution < 1.29 is 13.9 Å². The molecule has 0 aliphatic carbocycles. The van der Waals surface area contributed by atoms with Gasteiger partial charge in [-0.1, -0.05) is 23.5 Å². The first-order valence-corrected chi connectivity index (χ1v) is 11.0. The van der Waals surface area contributed by atoms with E-state index >= 15 is 0 Å². The Morgan fingerprint density at radius 1 is 1.30 bits per heavy atom.